The van der Waals surface area contributed by atoms with E-state index in [9.17, 15) is 0 Å². The molecule has 25 heavy (non-hydrogen) atoms. The monoisotopic (exact) mass is 345 g/mol. The normalized spacial score (nSPS) is 11.4. The van der Waals surface area contributed by atoms with Crippen molar-refractivity contribution in [2.45, 2.75) is 12.8 Å². The third kappa shape index (κ3) is 6.84. The van der Waals surface area contributed by atoms with Crippen LogP contribution in [0.25, 0.3) is 0 Å². The molecule has 2 aromatic rings. The summed E-state index contributed by atoms with van der Waals surface area (Å²) < 4.78 is 12.5. The van der Waals surface area contributed by atoms with E-state index in [1.54, 1.807) is 18.8 Å². The van der Waals surface area contributed by atoms with E-state index in [2.05, 4.69) is 20.7 Å². The molecule has 0 radical (unpaired) electrons. The predicted molar refractivity (Wildman–Crippen MR) is 100 cm³/mol. The molecular weight excluding hydrogens is 318 g/mol. The number of hydrogen-bond acceptors (Lipinski definition) is 4. The molecule has 2 rings (SSSR count). The van der Waals surface area contributed by atoms with Gasteiger partial charge in [0.05, 0.1) is 12.8 Å². The number of aliphatic imine (C=N–C) groups is 1. The molecule has 1 heterocycles. The number of ether oxygens (including phenoxy) is 2. The van der Waals surface area contributed by atoms with E-state index in [-0.39, 0.29) is 0 Å². The Morgan fingerprint density at radius 1 is 1.32 bits per heavy atom. The van der Waals surface area contributed by atoms with Crippen LogP contribution < -0.4 is 15.4 Å². The minimum absolute atomic E-state index is 0.634. The zero-order valence-electron chi connectivity index (χ0n) is 15.2. The van der Waals surface area contributed by atoms with Crippen molar-refractivity contribution in [3.8, 4) is 5.75 Å². The Kier molecular flexibility index (Phi) is 7.78. The molecular formula is C18H27N5O2. The van der Waals surface area contributed by atoms with Crippen LogP contribution in [0.1, 0.15) is 12.0 Å². The van der Waals surface area contributed by atoms with Gasteiger partial charge < -0.3 is 20.1 Å². The molecule has 2 N–H and O–H groups in total. The molecule has 136 valence electrons. The lowest BCUT2D eigenvalue weighted by Crippen LogP contribution is -2.32. The zero-order valence-corrected chi connectivity index (χ0v) is 15.2. The number of benzene rings is 1. The van der Waals surface area contributed by atoms with Gasteiger partial charge in [0.25, 0.3) is 0 Å². The molecule has 0 aliphatic heterocycles. The number of hydrogen-bond donors (Lipinski definition) is 2. The van der Waals surface area contributed by atoms with Crippen LogP contribution >= 0.6 is 0 Å². The molecule has 0 unspecified atom stereocenters. The number of nitrogens with one attached hydrogen (secondary N) is 2. The topological polar surface area (TPSA) is 72.7 Å². The number of methoxy groups -OCH3 is 1. The summed E-state index contributed by atoms with van der Waals surface area (Å²) in [5.41, 5.74) is 2.12. The molecule has 0 atom stereocenters. The fourth-order valence-corrected chi connectivity index (χ4v) is 2.30. The van der Waals surface area contributed by atoms with Crippen molar-refractivity contribution >= 4 is 11.6 Å². The number of rotatable bonds is 9. The molecule has 0 amide bonds. The minimum atomic E-state index is 0.634. The first-order valence-corrected chi connectivity index (χ1v) is 8.38. The van der Waals surface area contributed by atoms with Crippen molar-refractivity contribution in [1.82, 2.24) is 15.1 Å². The fourth-order valence-electron chi connectivity index (χ4n) is 2.30. The molecule has 0 fully saturated rings. The first-order valence-electron chi connectivity index (χ1n) is 8.38. The van der Waals surface area contributed by atoms with Gasteiger partial charge in [-0.3, -0.25) is 9.67 Å². The quantitative estimate of drug-likeness (QED) is 0.413. The molecule has 1 aromatic heterocycles. The number of anilines is 1. The average molecular weight is 345 g/mol. The number of nitrogens with zero attached hydrogens (tertiary/aromatic N) is 3. The maximum Gasteiger partial charge on any atom is 0.195 e. The van der Waals surface area contributed by atoms with E-state index in [1.807, 2.05) is 43.7 Å². The summed E-state index contributed by atoms with van der Waals surface area (Å²) in [5, 5.41) is 10.7. The molecule has 7 nitrogen and oxygen atoms in total. The summed E-state index contributed by atoms with van der Waals surface area (Å²) in [6.45, 7) is 2.11. The summed E-state index contributed by atoms with van der Waals surface area (Å²) in [6, 6.07) is 7.84. The minimum Gasteiger partial charge on any atom is -0.493 e. The Morgan fingerprint density at radius 2 is 2.20 bits per heavy atom. The van der Waals surface area contributed by atoms with Gasteiger partial charge in [-0.05, 0) is 24.1 Å². The first-order chi connectivity index (χ1) is 12.2. The summed E-state index contributed by atoms with van der Waals surface area (Å²) in [5.74, 6) is 1.55. The second-order valence-electron chi connectivity index (χ2n) is 5.62. The van der Waals surface area contributed by atoms with Crippen LogP contribution in [0.15, 0.2) is 41.7 Å². The van der Waals surface area contributed by atoms with Gasteiger partial charge in [0.1, 0.15) is 5.75 Å². The molecule has 0 saturated carbocycles. The van der Waals surface area contributed by atoms with Crippen LogP contribution in [0.3, 0.4) is 0 Å². The molecule has 0 spiro atoms. The summed E-state index contributed by atoms with van der Waals surface area (Å²) in [4.78, 5) is 4.25. The summed E-state index contributed by atoms with van der Waals surface area (Å²) in [6.07, 6.45) is 5.65. The average Bonchev–Trinajstić information content (AvgIpc) is 3.03. The number of guanidine groups is 1. The van der Waals surface area contributed by atoms with Crippen LogP contribution in [-0.2, 0) is 18.2 Å². The van der Waals surface area contributed by atoms with Crippen LogP contribution in [-0.4, -0.2) is 49.7 Å². The fraction of sp³-hybridized carbons (Fsp3) is 0.444. The van der Waals surface area contributed by atoms with Gasteiger partial charge in [0.15, 0.2) is 5.96 Å². The van der Waals surface area contributed by atoms with Crippen molar-refractivity contribution < 1.29 is 9.47 Å². The van der Waals surface area contributed by atoms with E-state index in [4.69, 9.17) is 9.47 Å². The Labute approximate surface area is 149 Å². The third-order valence-electron chi connectivity index (χ3n) is 3.55. The van der Waals surface area contributed by atoms with Crippen molar-refractivity contribution in [2.75, 3.05) is 39.2 Å². The van der Waals surface area contributed by atoms with Gasteiger partial charge in [-0.2, -0.15) is 5.10 Å². The van der Waals surface area contributed by atoms with E-state index in [0.29, 0.717) is 13.2 Å². The third-order valence-corrected chi connectivity index (χ3v) is 3.55. The second kappa shape index (κ2) is 10.4. The van der Waals surface area contributed by atoms with E-state index in [1.165, 1.54) is 5.56 Å². The lowest BCUT2D eigenvalue weighted by atomic mass is 10.2. The van der Waals surface area contributed by atoms with Crippen LogP contribution in [0.4, 0.5) is 5.69 Å². The van der Waals surface area contributed by atoms with Gasteiger partial charge >= 0.3 is 0 Å². The van der Waals surface area contributed by atoms with E-state index >= 15 is 0 Å². The summed E-state index contributed by atoms with van der Waals surface area (Å²) in [7, 11) is 5.36. The summed E-state index contributed by atoms with van der Waals surface area (Å²) >= 11 is 0. The Morgan fingerprint density at radius 3 is 2.92 bits per heavy atom. The molecule has 0 bridgehead atoms. The van der Waals surface area contributed by atoms with Crippen LogP contribution in [0.2, 0.25) is 0 Å². The van der Waals surface area contributed by atoms with Crippen LogP contribution in [0, 0.1) is 0 Å². The van der Waals surface area contributed by atoms with E-state index < -0.39 is 0 Å². The SMILES string of the molecule is CN=C(NCCc1cnn(C)c1)Nc1cccc(OCCCOC)c1. The second-order valence-corrected chi connectivity index (χ2v) is 5.62. The Bertz CT molecular complexity index is 669. The Hall–Kier alpha value is -2.54. The first kappa shape index (κ1) is 18.8. The van der Waals surface area contributed by atoms with Crippen molar-refractivity contribution in [3.05, 3.63) is 42.2 Å². The van der Waals surface area contributed by atoms with Gasteiger partial charge in [-0.15, -0.1) is 0 Å². The molecule has 0 aliphatic rings. The maximum atomic E-state index is 5.72. The standard InChI is InChI=1S/C18H27N5O2/c1-19-18(20-9-8-15-13-21-23(2)14-15)22-16-6-4-7-17(12-16)25-11-5-10-24-3/h4,6-7,12-14H,5,8-11H2,1-3H3,(H2,19,20,22). The smallest absolute Gasteiger partial charge is 0.195 e. The zero-order chi connectivity index (χ0) is 17.9. The molecule has 7 heteroatoms. The highest BCUT2D eigenvalue weighted by Gasteiger charge is 2.02. The van der Waals surface area contributed by atoms with Crippen LogP contribution in [0.5, 0.6) is 5.75 Å². The molecule has 1 aromatic carbocycles. The van der Waals surface area contributed by atoms with E-state index in [0.717, 1.165) is 36.8 Å². The van der Waals surface area contributed by atoms with Crippen molar-refractivity contribution in [2.24, 2.45) is 12.0 Å². The Balaban J connectivity index is 1.79. The largest absolute Gasteiger partial charge is 0.493 e. The molecule has 0 saturated heterocycles. The van der Waals surface area contributed by atoms with Gasteiger partial charge in [0.2, 0.25) is 0 Å². The number of aromatic nitrogens is 2. The maximum absolute atomic E-state index is 5.72. The van der Waals surface area contributed by atoms with Gasteiger partial charge in [-0.1, -0.05) is 6.07 Å². The molecule has 0 aliphatic carbocycles. The predicted octanol–water partition coefficient (Wildman–Crippen LogP) is 2.07. The van der Waals surface area contributed by atoms with Crippen molar-refractivity contribution in [1.29, 1.82) is 0 Å². The van der Waals surface area contributed by atoms with Gasteiger partial charge in [-0.25, -0.2) is 0 Å². The van der Waals surface area contributed by atoms with Gasteiger partial charge in [0, 0.05) is 58.7 Å². The highest BCUT2D eigenvalue weighted by atomic mass is 16.5. The van der Waals surface area contributed by atoms with Crippen molar-refractivity contribution in [3.63, 3.8) is 0 Å². The number of aryl methyl sites for hydroxylation is 1. The highest BCUT2D eigenvalue weighted by molar-refractivity contribution is 5.93. The lowest BCUT2D eigenvalue weighted by Gasteiger charge is -2.13. The lowest BCUT2D eigenvalue weighted by molar-refractivity contribution is 0.172. The highest BCUT2D eigenvalue weighted by Crippen LogP contribution is 2.17.